The largest absolute Gasteiger partial charge is 0.496 e. The van der Waals surface area contributed by atoms with Gasteiger partial charge >= 0.3 is 12.0 Å². The molecule has 0 unspecified atom stereocenters. The van der Waals surface area contributed by atoms with Gasteiger partial charge in [-0.3, -0.25) is 33.8 Å². The normalized spacial score (nSPS) is 13.7. The lowest BCUT2D eigenvalue weighted by molar-refractivity contribution is -0.926. The molecule has 147 heavy (non-hydrogen) atoms. The van der Waals surface area contributed by atoms with Crippen LogP contribution in [0.2, 0.25) is 5.02 Å². The first kappa shape index (κ1) is 115. The summed E-state index contributed by atoms with van der Waals surface area (Å²) in [6.07, 6.45) is 6.02. The number of hydrogen-bond acceptors (Lipinski definition) is 33. The number of amides is 7. The molecular formula is C103H136ClFN15O26S+. The maximum absolute atomic E-state index is 14.7. The number of fused-ring (bicyclic) bond motifs is 1. The van der Waals surface area contributed by atoms with Gasteiger partial charge in [0.05, 0.1) is 239 Å². The molecule has 4 aromatic heterocycles. The van der Waals surface area contributed by atoms with Crippen LogP contribution in [-0.4, -0.2) is 360 Å². The lowest BCUT2D eigenvalue weighted by Crippen LogP contribution is -2.57. The van der Waals surface area contributed by atoms with Crippen LogP contribution in [0.15, 0.2) is 140 Å². The first-order valence-corrected chi connectivity index (χ1v) is 50.3. The number of carbonyl (C=O) groups excluding carboxylic acids is 6. The number of nitrogens with two attached hydrogens (primary N) is 1. The summed E-state index contributed by atoms with van der Waals surface area (Å²) in [6, 6.07) is 28.4. The van der Waals surface area contributed by atoms with Gasteiger partial charge in [0, 0.05) is 105 Å². The van der Waals surface area contributed by atoms with Gasteiger partial charge in [-0.2, -0.15) is 0 Å². The lowest BCUT2D eigenvalue weighted by atomic mass is 9.96. The highest BCUT2D eigenvalue weighted by molar-refractivity contribution is 7.22. The Kier molecular flexibility index (Phi) is 49.9. The number of imide groups is 1. The lowest BCUT2D eigenvalue weighted by Gasteiger charge is -2.42. The number of hydrogen-bond donors (Lipinski definition) is 6. The molecule has 0 radical (unpaired) electrons. The van der Waals surface area contributed by atoms with E-state index in [0.29, 0.717) is 295 Å². The Balaban J connectivity index is 0.655. The highest BCUT2D eigenvalue weighted by atomic mass is 35.5. The first-order chi connectivity index (χ1) is 71.5. The number of thiophene rings is 1. The van der Waals surface area contributed by atoms with E-state index in [9.17, 15) is 43.1 Å². The molecule has 41 nitrogen and oxygen atoms in total. The number of likely N-dealkylation sites (N-methyl/N-ethyl adjacent to an activating group) is 1. The van der Waals surface area contributed by atoms with Gasteiger partial charge in [0.2, 0.25) is 29.7 Å². The number of anilines is 1. The van der Waals surface area contributed by atoms with Crippen molar-refractivity contribution in [3.8, 4) is 61.8 Å². The van der Waals surface area contributed by atoms with Crippen molar-refractivity contribution in [2.45, 2.75) is 90.8 Å². The van der Waals surface area contributed by atoms with Crippen LogP contribution in [0.3, 0.4) is 0 Å². The fraction of sp³-hybridized carbons (Fsp3) is 0.505. The standard InChI is InChI=1S/C103H135ClFN15O26S/c1-72(2)95(114-89(121)29-39-131-42-36-119-90(122)25-26-91(119)123)99(125)113-83(14-11-30-108-103(106)128)98(124)112-78-22-19-76(87(67-78)143-40-28-79-68-118(116-115-79)35-41-132-46-47-134-50-51-136-54-55-138-58-59-140-62-63-142-65-64-141-61-60-139-57-56-137-53-52-135-49-48-133-45-44-129-5)69-120(4)37-32-117(33-38-120)34-43-144-86-24-23-81(73(3)94(86)104)92-93-100(109-71-110-101(93)147-96(92)74-17-20-77(105)21-18-74)146-88(102(126)127)66-75-12-7-9-15-84(75)145-70-80-27-31-107-97(111-80)82-13-8-10-16-85(82)130-6/h7-10,12-13,15-27,31,67-68,71-72,83,88,95H,11,14,28-30,32-66,69-70H2,1-6H3,(H6-,106,108,112,113,114,121,124,125,126,127,128)/p+1/t83-,88+,95-/m0/s1. The van der Waals surface area contributed by atoms with Crippen LogP contribution in [0.5, 0.6) is 28.9 Å². The molecule has 0 spiro atoms. The molecule has 3 atom stereocenters. The van der Waals surface area contributed by atoms with Crippen molar-refractivity contribution >= 4 is 80.4 Å². The number of carboxylic acid groups (broad SMARTS) is 1. The van der Waals surface area contributed by atoms with Crippen molar-refractivity contribution < 1.29 is 133 Å². The van der Waals surface area contributed by atoms with Crippen molar-refractivity contribution in [2.24, 2.45) is 11.7 Å². The number of aliphatic carboxylic acids is 1. The molecule has 9 aromatic rings. The van der Waals surface area contributed by atoms with Gasteiger partial charge in [-0.1, -0.05) is 79.2 Å². The molecule has 0 saturated carbocycles. The van der Waals surface area contributed by atoms with Crippen molar-refractivity contribution in [3.05, 3.63) is 179 Å². The molecule has 2 aliphatic heterocycles. The van der Waals surface area contributed by atoms with Crippen LogP contribution in [0.1, 0.15) is 61.2 Å². The molecule has 7 amide bonds. The van der Waals surface area contributed by atoms with Crippen LogP contribution in [0.4, 0.5) is 14.9 Å². The number of ether oxygens (including phenoxy) is 18. The molecular weight excluding hydrogens is 1950 g/mol. The van der Waals surface area contributed by atoms with Crippen molar-refractivity contribution in [2.75, 3.05) is 251 Å². The molecule has 0 bridgehead atoms. The third kappa shape index (κ3) is 39.2. The summed E-state index contributed by atoms with van der Waals surface area (Å²) < 4.78 is 120. The Morgan fingerprint density at radius 3 is 1.80 bits per heavy atom. The van der Waals surface area contributed by atoms with Gasteiger partial charge < -0.3 is 122 Å². The topological polar surface area (TPSA) is 469 Å². The number of quaternary nitrogens is 1. The van der Waals surface area contributed by atoms with Crippen molar-refractivity contribution in [1.82, 2.24) is 60.7 Å². The van der Waals surface area contributed by atoms with E-state index in [1.807, 2.05) is 49.5 Å². The Morgan fingerprint density at radius 2 is 1.19 bits per heavy atom. The summed E-state index contributed by atoms with van der Waals surface area (Å²) in [7, 11) is 5.39. The molecule has 1 saturated heterocycles. The number of carboxylic acids is 1. The summed E-state index contributed by atoms with van der Waals surface area (Å²) in [5, 5.41) is 31.6. The second-order valence-corrected chi connectivity index (χ2v) is 36.1. The van der Waals surface area contributed by atoms with E-state index in [2.05, 4.69) is 58.5 Å². The van der Waals surface area contributed by atoms with Crippen molar-refractivity contribution in [3.63, 3.8) is 0 Å². The first-order valence-electron chi connectivity index (χ1n) is 49.1. The molecule has 2 aliphatic rings. The molecule has 7 N–H and O–H groups in total. The molecule has 798 valence electrons. The fourth-order valence-electron chi connectivity index (χ4n) is 15.5. The summed E-state index contributed by atoms with van der Waals surface area (Å²) in [5.41, 5.74) is 11.6. The molecule has 0 aliphatic carbocycles. The Labute approximate surface area is 863 Å². The van der Waals surface area contributed by atoms with Crippen LogP contribution >= 0.6 is 22.9 Å². The maximum Gasteiger partial charge on any atom is 0.345 e. The number of carbonyl (C=O) groups is 7. The Bertz CT molecular complexity index is 5590. The van der Waals surface area contributed by atoms with E-state index >= 15 is 0 Å². The number of piperazine rings is 1. The van der Waals surface area contributed by atoms with E-state index in [1.54, 1.807) is 99.6 Å². The summed E-state index contributed by atoms with van der Waals surface area (Å²) in [5.74, 6) is -2.37. The van der Waals surface area contributed by atoms with E-state index < -0.39 is 71.5 Å². The van der Waals surface area contributed by atoms with Crippen LogP contribution in [-0.2, 0) is 123 Å². The monoisotopic (exact) mass is 2080 g/mol. The van der Waals surface area contributed by atoms with E-state index in [0.717, 1.165) is 23.6 Å². The zero-order valence-corrected chi connectivity index (χ0v) is 85.7. The second kappa shape index (κ2) is 63.6. The number of primary amides is 1. The zero-order chi connectivity index (χ0) is 104. The molecule has 44 heteroatoms. The smallest absolute Gasteiger partial charge is 0.345 e. The maximum atomic E-state index is 14.7. The van der Waals surface area contributed by atoms with Gasteiger partial charge in [0.25, 0.3) is 11.8 Å². The third-order valence-electron chi connectivity index (χ3n) is 23.5. The quantitative estimate of drug-likeness (QED) is 0.0118. The van der Waals surface area contributed by atoms with E-state index in [1.165, 1.54) is 41.9 Å². The number of halogens is 2. The molecule has 11 rings (SSSR count). The minimum atomic E-state index is -1.48. The number of methoxy groups -OCH3 is 2. The Hall–Kier alpha value is -12.0. The zero-order valence-electron chi connectivity index (χ0n) is 84.2. The molecule has 1 fully saturated rings. The number of urea groups is 1. The fourth-order valence-corrected chi connectivity index (χ4v) is 16.9. The van der Waals surface area contributed by atoms with Gasteiger partial charge in [-0.15, -0.1) is 16.4 Å². The second-order valence-electron chi connectivity index (χ2n) is 34.7. The summed E-state index contributed by atoms with van der Waals surface area (Å²) in [6.45, 7) is 20.6. The average molecular weight is 2090 g/mol. The average Bonchev–Trinajstić information content (AvgIpc) is 1.59. The molecule has 5 aromatic carbocycles. The highest BCUT2D eigenvalue weighted by Gasteiger charge is 2.35. The van der Waals surface area contributed by atoms with E-state index in [-0.39, 0.29) is 77.7 Å². The number of nitrogens with one attached hydrogen (secondary N) is 4. The van der Waals surface area contributed by atoms with Gasteiger partial charge in [-0.05, 0) is 103 Å². The summed E-state index contributed by atoms with van der Waals surface area (Å²) >= 11 is 8.67. The third-order valence-corrected chi connectivity index (χ3v) is 25.1. The van der Waals surface area contributed by atoms with E-state index in [4.69, 9.17) is 108 Å². The number of aromatic nitrogens is 7. The van der Waals surface area contributed by atoms with Crippen LogP contribution < -0.4 is 50.7 Å². The van der Waals surface area contributed by atoms with Gasteiger partial charge in [-0.25, -0.2) is 38.6 Å². The van der Waals surface area contributed by atoms with Crippen LogP contribution in [0.25, 0.3) is 43.2 Å². The predicted octanol–water partition coefficient (Wildman–Crippen LogP) is 8.97. The highest BCUT2D eigenvalue weighted by Crippen LogP contribution is 2.50. The van der Waals surface area contributed by atoms with Crippen LogP contribution in [0, 0.1) is 18.7 Å². The Morgan fingerprint density at radius 1 is 0.599 bits per heavy atom. The minimum absolute atomic E-state index is 0.00243. The molecule has 6 heterocycles. The SMILES string of the molecule is COCCOCCOCCOCCOCCOCCOCCOCCOCCOCCOCCOCCn1cc(CCOc2cc(NC(=O)[C@H](CCCNC(N)=O)NC(=O)[C@@H](NC(=O)CCOCCN3C(=O)C=CC3=O)C(C)C)ccc2C[N+]2(C)CCN(CCOc3ccc(-c4c(-c5ccc(F)cc5)sc5ncnc(O[C@H](Cc6ccccc6OCc6ccnc(-c7ccccc7OC)n6)C(=O)O)c45)c(C)c3Cl)CC2)nn1. The number of rotatable bonds is 74. The van der Waals surface area contributed by atoms with Crippen molar-refractivity contribution in [1.29, 1.82) is 0 Å². The van der Waals surface area contributed by atoms with Gasteiger partial charge in [0.1, 0.15) is 71.8 Å². The minimum Gasteiger partial charge on any atom is -0.496 e. The van der Waals surface area contributed by atoms with Gasteiger partial charge in [0.15, 0.2) is 5.82 Å². The number of benzene rings is 5. The predicted molar refractivity (Wildman–Crippen MR) is 542 cm³/mol. The number of para-hydroxylation sites is 2. The summed E-state index contributed by atoms with van der Waals surface area (Å²) in [4.78, 5) is 114. The number of nitrogens with zero attached hydrogens (tertiary/aromatic N) is 10.